The fraction of sp³-hybridized carbons (Fsp3) is 0.875. The summed E-state index contributed by atoms with van der Waals surface area (Å²) in [5.41, 5.74) is 2.12. The molecule has 0 aromatic heterocycles. The van der Waals surface area contributed by atoms with Gasteiger partial charge in [0.2, 0.25) is 0 Å². The molecule has 0 amide bonds. The number of carbonyl (C=O) groups excluding carboxylic acids is 1. The summed E-state index contributed by atoms with van der Waals surface area (Å²) in [5.74, 6) is 2.21. The minimum absolute atomic E-state index is 0.0248. The molecule has 28 heavy (non-hydrogen) atoms. The monoisotopic (exact) mass is 390 g/mol. The molecule has 4 nitrogen and oxygen atoms in total. The predicted octanol–water partition coefficient (Wildman–Crippen LogP) is 5.90. The minimum Gasteiger partial charge on any atom is -0.434 e. The van der Waals surface area contributed by atoms with Crippen LogP contribution in [0.3, 0.4) is 0 Å². The average Bonchev–Trinajstić information content (AvgIpc) is 3.02. The van der Waals surface area contributed by atoms with E-state index in [1.165, 1.54) is 38.5 Å². The highest BCUT2D eigenvalue weighted by molar-refractivity contribution is 5.60. The molecule has 3 fully saturated rings. The van der Waals surface area contributed by atoms with Crippen LogP contribution in [0.5, 0.6) is 0 Å². The molecule has 0 saturated heterocycles. The summed E-state index contributed by atoms with van der Waals surface area (Å²) >= 11 is 0. The maximum Gasteiger partial charge on any atom is 0.508 e. The van der Waals surface area contributed by atoms with E-state index in [0.29, 0.717) is 24.0 Å². The van der Waals surface area contributed by atoms with Gasteiger partial charge < -0.3 is 14.2 Å². The lowest BCUT2D eigenvalue weighted by Crippen LogP contribution is -2.52. The number of fused-ring (bicyclic) bond motifs is 5. The Kier molecular flexibility index (Phi) is 5.54. The van der Waals surface area contributed by atoms with E-state index >= 15 is 0 Å². The minimum atomic E-state index is -0.463. The standard InChI is InChI=1S/C24H38O4/c1-5-14-27-22(25)28-21-9-8-19-18-7-6-16-15-17(26-4)10-12-23(16,2)20(18)11-13-24(19,21)3/h15,17-21H,5-14H2,1-4H3/t17-,18-,19-,20-,21-,23-,24-/m0/s1. The fourth-order valence-corrected chi connectivity index (χ4v) is 7.36. The Balaban J connectivity index is 1.50. The molecule has 3 saturated carbocycles. The van der Waals surface area contributed by atoms with Crippen molar-refractivity contribution in [1.29, 1.82) is 0 Å². The number of carbonyl (C=O) groups is 1. The normalized spacial score (nSPS) is 44.7. The second-order valence-electron chi connectivity index (χ2n) is 10.2. The van der Waals surface area contributed by atoms with Crippen LogP contribution < -0.4 is 0 Å². The van der Waals surface area contributed by atoms with Crippen LogP contribution in [0.1, 0.15) is 78.6 Å². The van der Waals surface area contributed by atoms with Gasteiger partial charge in [-0.25, -0.2) is 4.79 Å². The van der Waals surface area contributed by atoms with Gasteiger partial charge in [0.1, 0.15) is 6.10 Å². The molecule has 4 heteroatoms. The number of rotatable bonds is 4. The molecule has 0 radical (unpaired) electrons. The Hall–Kier alpha value is -1.03. The number of methoxy groups -OCH3 is 1. The van der Waals surface area contributed by atoms with Crippen molar-refractivity contribution in [3.05, 3.63) is 11.6 Å². The lowest BCUT2D eigenvalue weighted by Gasteiger charge is -2.58. The predicted molar refractivity (Wildman–Crippen MR) is 109 cm³/mol. The third kappa shape index (κ3) is 3.20. The molecular weight excluding hydrogens is 352 g/mol. The maximum atomic E-state index is 12.1. The van der Waals surface area contributed by atoms with E-state index < -0.39 is 6.16 Å². The summed E-state index contributed by atoms with van der Waals surface area (Å²) in [5, 5.41) is 0. The third-order valence-electron chi connectivity index (χ3n) is 8.95. The van der Waals surface area contributed by atoms with Gasteiger partial charge >= 0.3 is 6.16 Å². The van der Waals surface area contributed by atoms with Gasteiger partial charge in [0, 0.05) is 12.5 Å². The van der Waals surface area contributed by atoms with Crippen LogP contribution in [0.25, 0.3) is 0 Å². The summed E-state index contributed by atoms with van der Waals surface area (Å²) < 4.78 is 16.7. The average molecular weight is 391 g/mol. The van der Waals surface area contributed by atoms with Crippen molar-refractivity contribution in [1.82, 2.24) is 0 Å². The van der Waals surface area contributed by atoms with Crippen molar-refractivity contribution in [2.24, 2.45) is 28.6 Å². The van der Waals surface area contributed by atoms with Gasteiger partial charge in [-0.3, -0.25) is 0 Å². The first-order valence-electron chi connectivity index (χ1n) is 11.5. The van der Waals surface area contributed by atoms with E-state index in [0.717, 1.165) is 31.1 Å². The van der Waals surface area contributed by atoms with Gasteiger partial charge in [-0.1, -0.05) is 32.4 Å². The van der Waals surface area contributed by atoms with Crippen LogP contribution >= 0.6 is 0 Å². The molecule has 7 atom stereocenters. The van der Waals surface area contributed by atoms with Crippen LogP contribution in [-0.4, -0.2) is 32.1 Å². The summed E-state index contributed by atoms with van der Waals surface area (Å²) in [7, 11) is 1.84. The van der Waals surface area contributed by atoms with E-state index in [9.17, 15) is 4.79 Å². The molecule has 0 N–H and O–H groups in total. The summed E-state index contributed by atoms with van der Waals surface area (Å²) in [6.45, 7) is 7.36. The quantitative estimate of drug-likeness (QED) is 0.443. The molecule has 4 aliphatic carbocycles. The highest BCUT2D eigenvalue weighted by atomic mass is 16.7. The summed E-state index contributed by atoms with van der Waals surface area (Å²) in [6, 6.07) is 0. The SMILES string of the molecule is CCCOC(=O)O[C@H]1CC[C@H]2[C@@H]3CCC4=C[C@@H](OC)CC[C@]4(C)[C@H]3CC[C@]12C. The Labute approximate surface area is 170 Å². The first-order chi connectivity index (χ1) is 13.4. The number of hydrogen-bond donors (Lipinski definition) is 0. The smallest absolute Gasteiger partial charge is 0.434 e. The molecule has 0 aliphatic heterocycles. The Morgan fingerprint density at radius 2 is 1.93 bits per heavy atom. The van der Waals surface area contributed by atoms with Crippen molar-refractivity contribution in [3.63, 3.8) is 0 Å². The lowest BCUT2D eigenvalue weighted by molar-refractivity contribution is -0.0890. The van der Waals surface area contributed by atoms with Gasteiger partial charge in [0.15, 0.2) is 0 Å². The van der Waals surface area contributed by atoms with Crippen LogP contribution in [0.2, 0.25) is 0 Å². The topological polar surface area (TPSA) is 44.8 Å². The van der Waals surface area contributed by atoms with Crippen molar-refractivity contribution < 1.29 is 19.0 Å². The Morgan fingerprint density at radius 1 is 1.11 bits per heavy atom. The zero-order valence-electron chi connectivity index (χ0n) is 18.2. The van der Waals surface area contributed by atoms with Gasteiger partial charge in [0.25, 0.3) is 0 Å². The van der Waals surface area contributed by atoms with Crippen molar-refractivity contribution >= 4 is 6.16 Å². The van der Waals surface area contributed by atoms with Crippen LogP contribution in [0, 0.1) is 28.6 Å². The first-order valence-corrected chi connectivity index (χ1v) is 11.5. The fourth-order valence-electron chi connectivity index (χ4n) is 7.36. The molecule has 0 unspecified atom stereocenters. The molecule has 0 aromatic carbocycles. The zero-order valence-corrected chi connectivity index (χ0v) is 18.2. The van der Waals surface area contributed by atoms with Gasteiger partial charge in [-0.2, -0.15) is 0 Å². The number of allylic oxidation sites excluding steroid dienone is 1. The summed E-state index contributed by atoms with van der Waals surface area (Å²) in [4.78, 5) is 12.1. The van der Waals surface area contributed by atoms with Gasteiger partial charge in [-0.15, -0.1) is 0 Å². The van der Waals surface area contributed by atoms with Crippen molar-refractivity contribution in [3.8, 4) is 0 Å². The van der Waals surface area contributed by atoms with Gasteiger partial charge in [0.05, 0.1) is 12.7 Å². The number of ether oxygens (including phenoxy) is 3. The Morgan fingerprint density at radius 3 is 2.68 bits per heavy atom. The van der Waals surface area contributed by atoms with E-state index in [1.54, 1.807) is 5.57 Å². The van der Waals surface area contributed by atoms with Crippen LogP contribution in [0.4, 0.5) is 4.79 Å². The third-order valence-corrected chi connectivity index (χ3v) is 8.95. The molecule has 4 rings (SSSR count). The van der Waals surface area contributed by atoms with E-state index in [-0.39, 0.29) is 11.5 Å². The summed E-state index contributed by atoms with van der Waals surface area (Å²) in [6.07, 6.45) is 12.7. The van der Waals surface area contributed by atoms with Gasteiger partial charge in [-0.05, 0) is 81.0 Å². The molecular formula is C24H38O4. The first kappa shape index (κ1) is 20.3. The second-order valence-corrected chi connectivity index (χ2v) is 10.2. The van der Waals surface area contributed by atoms with Crippen LogP contribution in [-0.2, 0) is 14.2 Å². The second kappa shape index (κ2) is 7.66. The van der Waals surface area contributed by atoms with Crippen molar-refractivity contribution in [2.75, 3.05) is 13.7 Å². The van der Waals surface area contributed by atoms with Crippen LogP contribution in [0.15, 0.2) is 11.6 Å². The molecule has 158 valence electrons. The molecule has 0 bridgehead atoms. The largest absolute Gasteiger partial charge is 0.508 e. The maximum absolute atomic E-state index is 12.1. The van der Waals surface area contributed by atoms with Crippen molar-refractivity contribution in [2.45, 2.75) is 90.8 Å². The zero-order chi connectivity index (χ0) is 19.9. The molecule has 0 spiro atoms. The molecule has 4 aliphatic rings. The Bertz CT molecular complexity index is 628. The molecule has 0 aromatic rings. The highest BCUT2D eigenvalue weighted by Gasteiger charge is 2.60. The van der Waals surface area contributed by atoms with E-state index in [1.807, 2.05) is 14.0 Å². The number of hydrogen-bond acceptors (Lipinski definition) is 4. The lowest BCUT2D eigenvalue weighted by atomic mass is 9.47. The van der Waals surface area contributed by atoms with E-state index in [4.69, 9.17) is 14.2 Å². The van der Waals surface area contributed by atoms with E-state index in [2.05, 4.69) is 19.9 Å². The molecule has 0 heterocycles. The highest BCUT2D eigenvalue weighted by Crippen LogP contribution is 2.65.